The average Bonchev–Trinajstić information content (AvgIpc) is 2.94. The Kier molecular flexibility index (Phi) is 5.13. The summed E-state index contributed by atoms with van der Waals surface area (Å²) in [5, 5.41) is -0.332. The van der Waals surface area contributed by atoms with Gasteiger partial charge in [0.15, 0.2) is 21.4 Å². The lowest BCUT2D eigenvalue weighted by atomic mass is 10.1. The normalized spacial score (nSPS) is 16.9. The van der Waals surface area contributed by atoms with Crippen molar-refractivity contribution in [3.8, 4) is 5.75 Å². The van der Waals surface area contributed by atoms with Gasteiger partial charge in [-0.05, 0) is 61.4 Å². The summed E-state index contributed by atoms with van der Waals surface area (Å²) in [7, 11) is -3.03. The molecule has 5 heteroatoms. The third kappa shape index (κ3) is 4.21. The molecule has 0 N–H and O–H groups in total. The van der Waals surface area contributed by atoms with Gasteiger partial charge in [-0.3, -0.25) is 0 Å². The van der Waals surface area contributed by atoms with Crippen LogP contribution in [0.15, 0.2) is 42.5 Å². The molecule has 2 aromatic carbocycles. The molecule has 0 radical (unpaired) electrons. The molecule has 1 aliphatic rings. The van der Waals surface area contributed by atoms with E-state index in [4.69, 9.17) is 4.74 Å². The molecule has 25 heavy (non-hydrogen) atoms. The number of para-hydroxylation sites is 1. The molecule has 0 unspecified atom stereocenters. The first-order valence-electron chi connectivity index (χ1n) is 8.54. The van der Waals surface area contributed by atoms with E-state index in [1.165, 1.54) is 17.2 Å². The van der Waals surface area contributed by atoms with Gasteiger partial charge < -0.3 is 4.74 Å². The van der Waals surface area contributed by atoms with Gasteiger partial charge in [0.2, 0.25) is 0 Å². The smallest absolute Gasteiger partial charge is 0.165 e. The minimum atomic E-state index is -3.03. The summed E-state index contributed by atoms with van der Waals surface area (Å²) in [4.78, 5) is 0. The van der Waals surface area contributed by atoms with Crippen molar-refractivity contribution >= 4 is 9.84 Å². The van der Waals surface area contributed by atoms with Crippen molar-refractivity contribution in [3.63, 3.8) is 0 Å². The van der Waals surface area contributed by atoms with Crippen LogP contribution >= 0.6 is 0 Å². The first kappa shape index (κ1) is 17.9. The van der Waals surface area contributed by atoms with Crippen molar-refractivity contribution in [2.45, 2.75) is 38.5 Å². The average molecular weight is 362 g/mol. The highest BCUT2D eigenvalue weighted by atomic mass is 32.2. The second-order valence-corrected chi connectivity index (χ2v) is 9.58. The summed E-state index contributed by atoms with van der Waals surface area (Å²) in [6.07, 6.45) is 1.57. The predicted octanol–water partition coefficient (Wildman–Crippen LogP) is 3.94. The second-order valence-electron chi connectivity index (χ2n) is 6.97. The van der Waals surface area contributed by atoms with Crippen molar-refractivity contribution in [2.24, 2.45) is 5.92 Å². The van der Waals surface area contributed by atoms with Crippen molar-refractivity contribution in [1.82, 2.24) is 0 Å². The number of ether oxygens (including phenoxy) is 1. The Hall–Kier alpha value is -1.88. The van der Waals surface area contributed by atoms with Crippen LogP contribution in [0.5, 0.6) is 5.75 Å². The van der Waals surface area contributed by atoms with Crippen LogP contribution in [0.2, 0.25) is 0 Å². The van der Waals surface area contributed by atoms with Crippen LogP contribution in [-0.4, -0.2) is 19.4 Å². The number of rotatable bonds is 6. The number of hydrogen-bond acceptors (Lipinski definition) is 3. The summed E-state index contributed by atoms with van der Waals surface area (Å²) < 4.78 is 43.4. The zero-order valence-electron chi connectivity index (χ0n) is 14.5. The molecule has 0 aromatic heterocycles. The lowest BCUT2D eigenvalue weighted by Gasteiger charge is -2.12. The number of sulfone groups is 1. The van der Waals surface area contributed by atoms with E-state index in [2.05, 4.69) is 6.07 Å². The fraction of sp³-hybridized carbons (Fsp3) is 0.400. The molecule has 1 atom stereocenters. The zero-order chi connectivity index (χ0) is 18.0. The minimum Gasteiger partial charge on any atom is -0.486 e. The van der Waals surface area contributed by atoms with E-state index in [0.29, 0.717) is 6.61 Å². The minimum absolute atomic E-state index is 0.144. The highest BCUT2D eigenvalue weighted by Gasteiger charge is 2.28. The van der Waals surface area contributed by atoms with Gasteiger partial charge in [-0.2, -0.15) is 0 Å². The number of halogens is 1. The summed E-state index contributed by atoms with van der Waals surface area (Å²) in [6, 6.07) is 12.4. The van der Waals surface area contributed by atoms with E-state index >= 15 is 0 Å². The molecule has 3 rings (SSSR count). The molecule has 0 spiro atoms. The van der Waals surface area contributed by atoms with Gasteiger partial charge in [0, 0.05) is 0 Å². The van der Waals surface area contributed by atoms with E-state index in [1.807, 2.05) is 12.1 Å². The van der Waals surface area contributed by atoms with Gasteiger partial charge in [-0.1, -0.05) is 30.3 Å². The SMILES string of the molecule is CC(C)S(=O)(=O)C[C@H]1Cc2ccc(COc3ccccc3F)cc2C1. The lowest BCUT2D eigenvalue weighted by molar-refractivity contribution is 0.290. The van der Waals surface area contributed by atoms with Crippen molar-refractivity contribution in [1.29, 1.82) is 0 Å². The Balaban J connectivity index is 1.65. The number of fused-ring (bicyclic) bond motifs is 1. The first-order chi connectivity index (χ1) is 11.8. The Labute approximate surface area is 148 Å². The summed E-state index contributed by atoms with van der Waals surface area (Å²) >= 11 is 0. The maximum absolute atomic E-state index is 13.6. The second kappa shape index (κ2) is 7.16. The molecule has 0 saturated heterocycles. The van der Waals surface area contributed by atoms with E-state index in [-0.39, 0.29) is 28.5 Å². The molecule has 1 aliphatic carbocycles. The molecule has 134 valence electrons. The van der Waals surface area contributed by atoms with Gasteiger partial charge >= 0.3 is 0 Å². The van der Waals surface area contributed by atoms with Crippen molar-refractivity contribution in [2.75, 3.05) is 5.75 Å². The number of benzene rings is 2. The van der Waals surface area contributed by atoms with Gasteiger partial charge in [-0.25, -0.2) is 12.8 Å². The Morgan fingerprint density at radius 3 is 2.56 bits per heavy atom. The third-order valence-electron chi connectivity index (χ3n) is 4.71. The zero-order valence-corrected chi connectivity index (χ0v) is 15.4. The van der Waals surface area contributed by atoms with Gasteiger partial charge in [0.25, 0.3) is 0 Å². The molecular formula is C20H23FO3S. The van der Waals surface area contributed by atoms with E-state index in [0.717, 1.165) is 18.4 Å². The van der Waals surface area contributed by atoms with Gasteiger partial charge in [0.1, 0.15) is 6.61 Å². The van der Waals surface area contributed by atoms with E-state index < -0.39 is 9.84 Å². The predicted molar refractivity (Wildman–Crippen MR) is 97.0 cm³/mol. The van der Waals surface area contributed by atoms with Crippen LogP contribution < -0.4 is 4.74 Å². The standard InChI is InChI=1S/C20H23FO3S/c1-14(2)25(22,23)13-16-10-17-8-7-15(9-18(17)11-16)12-24-20-6-4-3-5-19(20)21/h3-9,14,16H,10-13H2,1-2H3/t16-/m0/s1. The summed E-state index contributed by atoms with van der Waals surface area (Å²) in [5.41, 5.74) is 3.35. The molecule has 2 aromatic rings. The molecule has 0 fully saturated rings. The molecular weight excluding hydrogens is 339 g/mol. The van der Waals surface area contributed by atoms with Crippen LogP contribution in [0.1, 0.15) is 30.5 Å². The molecule has 0 saturated carbocycles. The fourth-order valence-corrected chi connectivity index (χ4v) is 4.49. The lowest BCUT2D eigenvalue weighted by Crippen LogP contribution is -2.23. The van der Waals surface area contributed by atoms with Crippen LogP contribution in [0.4, 0.5) is 4.39 Å². The monoisotopic (exact) mass is 362 g/mol. The highest BCUT2D eigenvalue weighted by molar-refractivity contribution is 7.91. The van der Waals surface area contributed by atoms with Crippen LogP contribution in [0.25, 0.3) is 0 Å². The molecule has 0 amide bonds. The van der Waals surface area contributed by atoms with Crippen LogP contribution in [0, 0.1) is 11.7 Å². The summed E-state index contributed by atoms with van der Waals surface area (Å²) in [5.74, 6) is 0.247. The topological polar surface area (TPSA) is 43.4 Å². The molecule has 0 bridgehead atoms. The van der Waals surface area contributed by atoms with E-state index in [9.17, 15) is 12.8 Å². The van der Waals surface area contributed by atoms with Crippen molar-refractivity contribution in [3.05, 3.63) is 65.0 Å². The third-order valence-corrected chi connectivity index (χ3v) is 7.08. The van der Waals surface area contributed by atoms with Crippen LogP contribution in [-0.2, 0) is 29.3 Å². The first-order valence-corrected chi connectivity index (χ1v) is 10.3. The maximum Gasteiger partial charge on any atom is 0.165 e. The number of hydrogen-bond donors (Lipinski definition) is 0. The largest absolute Gasteiger partial charge is 0.486 e. The Morgan fingerprint density at radius 2 is 1.84 bits per heavy atom. The molecule has 0 heterocycles. The Morgan fingerprint density at radius 1 is 1.12 bits per heavy atom. The Bertz CT molecular complexity index is 859. The van der Waals surface area contributed by atoms with Crippen molar-refractivity contribution < 1.29 is 17.5 Å². The maximum atomic E-state index is 13.6. The van der Waals surface area contributed by atoms with E-state index in [1.54, 1.807) is 32.0 Å². The molecule has 3 nitrogen and oxygen atoms in total. The molecule has 0 aliphatic heterocycles. The summed E-state index contributed by atoms with van der Waals surface area (Å²) in [6.45, 7) is 3.76. The van der Waals surface area contributed by atoms with Crippen LogP contribution in [0.3, 0.4) is 0 Å². The van der Waals surface area contributed by atoms with Gasteiger partial charge in [-0.15, -0.1) is 0 Å². The quantitative estimate of drug-likeness (QED) is 0.782. The highest BCUT2D eigenvalue weighted by Crippen LogP contribution is 2.29. The van der Waals surface area contributed by atoms with Gasteiger partial charge in [0.05, 0.1) is 11.0 Å². The fourth-order valence-electron chi connectivity index (χ4n) is 3.21.